The maximum Gasteiger partial charge on any atom is 0.266 e. The van der Waals surface area contributed by atoms with Crippen molar-refractivity contribution in [2.75, 3.05) is 12.8 Å². The van der Waals surface area contributed by atoms with Gasteiger partial charge in [0, 0.05) is 7.05 Å². The van der Waals surface area contributed by atoms with Gasteiger partial charge >= 0.3 is 0 Å². The van der Waals surface area contributed by atoms with E-state index in [1.807, 2.05) is 0 Å². The zero-order valence-corrected chi connectivity index (χ0v) is 18.6. The van der Waals surface area contributed by atoms with E-state index in [0.717, 1.165) is 31.0 Å². The number of nitrogens with zero attached hydrogens (tertiary/aromatic N) is 4. The minimum absolute atomic E-state index is 0.0147. The highest BCUT2D eigenvalue weighted by Gasteiger charge is 2.38. The molecular formula is C24H23FN4O2S. The van der Waals surface area contributed by atoms with Crippen LogP contribution in [0.1, 0.15) is 32.1 Å². The Morgan fingerprint density at radius 1 is 1.19 bits per heavy atom. The summed E-state index contributed by atoms with van der Waals surface area (Å²) in [5, 5.41) is 10.4. The van der Waals surface area contributed by atoms with Crippen molar-refractivity contribution in [3.63, 3.8) is 0 Å². The Balaban J connectivity index is 1.69. The van der Waals surface area contributed by atoms with Crippen molar-refractivity contribution in [2.45, 2.75) is 42.8 Å². The summed E-state index contributed by atoms with van der Waals surface area (Å²) in [6, 6.07) is 15.2. The van der Waals surface area contributed by atoms with E-state index < -0.39 is 16.9 Å². The SMILES string of the molecule is CN(C(=O)CSc1nc2ccccc2c(=O)n1-c1ccccc1F)C1(C#N)CCCCC1. The summed E-state index contributed by atoms with van der Waals surface area (Å²) in [6.07, 6.45) is 4.21. The lowest BCUT2D eigenvalue weighted by Crippen LogP contribution is -2.50. The van der Waals surface area contributed by atoms with E-state index in [1.54, 1.807) is 43.4 Å². The Morgan fingerprint density at radius 3 is 2.59 bits per heavy atom. The Kier molecular flexibility index (Phi) is 6.28. The number of fused-ring (bicyclic) bond motifs is 1. The Bertz CT molecular complexity index is 1260. The van der Waals surface area contributed by atoms with Crippen molar-refractivity contribution in [1.82, 2.24) is 14.5 Å². The predicted molar refractivity (Wildman–Crippen MR) is 122 cm³/mol. The molecular weight excluding hydrogens is 427 g/mol. The molecule has 1 saturated carbocycles. The van der Waals surface area contributed by atoms with Gasteiger partial charge in [-0.25, -0.2) is 9.37 Å². The van der Waals surface area contributed by atoms with E-state index in [2.05, 4.69) is 11.1 Å². The van der Waals surface area contributed by atoms with Gasteiger partial charge in [-0.1, -0.05) is 55.3 Å². The first-order chi connectivity index (χ1) is 15.5. The molecule has 1 heterocycles. The number of aromatic nitrogens is 2. The molecule has 0 spiro atoms. The lowest BCUT2D eigenvalue weighted by Gasteiger charge is -2.39. The maximum absolute atomic E-state index is 14.6. The van der Waals surface area contributed by atoms with Crippen LogP contribution in [-0.4, -0.2) is 38.7 Å². The normalized spacial score (nSPS) is 15.3. The third-order valence-corrected chi connectivity index (χ3v) is 6.99. The summed E-state index contributed by atoms with van der Waals surface area (Å²) in [7, 11) is 1.66. The van der Waals surface area contributed by atoms with Gasteiger partial charge in [-0.15, -0.1) is 0 Å². The van der Waals surface area contributed by atoms with Gasteiger partial charge in [-0.3, -0.25) is 14.2 Å². The van der Waals surface area contributed by atoms with Crippen LogP contribution >= 0.6 is 11.8 Å². The summed E-state index contributed by atoms with van der Waals surface area (Å²) in [4.78, 5) is 32.3. The molecule has 0 saturated heterocycles. The minimum atomic E-state index is -0.794. The molecule has 164 valence electrons. The minimum Gasteiger partial charge on any atom is -0.326 e. The lowest BCUT2D eigenvalue weighted by molar-refractivity contribution is -0.131. The molecule has 0 N–H and O–H groups in total. The summed E-state index contributed by atoms with van der Waals surface area (Å²) in [5.74, 6) is -0.789. The zero-order chi connectivity index (χ0) is 22.7. The highest BCUT2D eigenvalue weighted by atomic mass is 32.2. The van der Waals surface area contributed by atoms with E-state index in [4.69, 9.17) is 0 Å². The van der Waals surface area contributed by atoms with Gasteiger partial charge in [0.1, 0.15) is 11.4 Å². The molecule has 32 heavy (non-hydrogen) atoms. The van der Waals surface area contributed by atoms with E-state index >= 15 is 0 Å². The number of para-hydroxylation sites is 2. The summed E-state index contributed by atoms with van der Waals surface area (Å²) in [6.45, 7) is 0. The molecule has 1 aromatic heterocycles. The van der Waals surface area contributed by atoms with Gasteiger partial charge in [-0.05, 0) is 37.1 Å². The summed E-state index contributed by atoms with van der Waals surface area (Å²) >= 11 is 1.07. The number of carbonyl (C=O) groups excluding carboxylic acids is 1. The predicted octanol–water partition coefficient (Wildman–Crippen LogP) is 4.30. The fourth-order valence-corrected chi connectivity index (χ4v) is 5.09. The van der Waals surface area contributed by atoms with Crippen molar-refractivity contribution in [2.24, 2.45) is 0 Å². The van der Waals surface area contributed by atoms with Crippen LogP contribution in [0.2, 0.25) is 0 Å². The van der Waals surface area contributed by atoms with Crippen LogP contribution in [-0.2, 0) is 4.79 Å². The molecule has 0 radical (unpaired) electrons. The second-order valence-electron chi connectivity index (χ2n) is 7.95. The summed E-state index contributed by atoms with van der Waals surface area (Å²) < 4.78 is 15.8. The first-order valence-corrected chi connectivity index (χ1v) is 11.5. The Morgan fingerprint density at radius 2 is 1.88 bits per heavy atom. The molecule has 0 unspecified atom stereocenters. The lowest BCUT2D eigenvalue weighted by atomic mass is 9.81. The molecule has 4 rings (SSSR count). The highest BCUT2D eigenvalue weighted by Crippen LogP contribution is 2.33. The van der Waals surface area contributed by atoms with E-state index in [-0.39, 0.29) is 22.5 Å². The third kappa shape index (κ3) is 4.00. The molecule has 1 aliphatic rings. The van der Waals surface area contributed by atoms with Gasteiger partial charge in [0.25, 0.3) is 5.56 Å². The average molecular weight is 451 g/mol. The molecule has 1 amide bonds. The van der Waals surface area contributed by atoms with E-state index in [1.165, 1.54) is 21.6 Å². The molecule has 0 bridgehead atoms. The Labute approximate surface area is 189 Å². The third-order valence-electron chi connectivity index (χ3n) is 6.07. The monoisotopic (exact) mass is 450 g/mol. The van der Waals surface area contributed by atoms with Crippen LogP contribution in [0.3, 0.4) is 0 Å². The molecule has 8 heteroatoms. The van der Waals surface area contributed by atoms with Crippen molar-refractivity contribution < 1.29 is 9.18 Å². The Hall–Kier alpha value is -3.18. The summed E-state index contributed by atoms with van der Waals surface area (Å²) in [5.41, 5.74) is -0.628. The number of halogens is 1. The van der Waals surface area contributed by atoms with Crippen LogP contribution in [0.4, 0.5) is 4.39 Å². The second-order valence-corrected chi connectivity index (χ2v) is 8.89. The fraction of sp³-hybridized carbons (Fsp3) is 0.333. The largest absolute Gasteiger partial charge is 0.326 e. The number of carbonyl (C=O) groups is 1. The van der Waals surface area contributed by atoms with Gasteiger partial charge in [0.15, 0.2) is 5.16 Å². The van der Waals surface area contributed by atoms with E-state index in [0.29, 0.717) is 23.7 Å². The van der Waals surface area contributed by atoms with Crippen LogP contribution in [0.25, 0.3) is 16.6 Å². The number of nitriles is 1. The number of amides is 1. The van der Waals surface area contributed by atoms with Crippen LogP contribution in [0, 0.1) is 17.1 Å². The van der Waals surface area contributed by atoms with Crippen molar-refractivity contribution in [3.05, 3.63) is 64.7 Å². The molecule has 6 nitrogen and oxygen atoms in total. The van der Waals surface area contributed by atoms with E-state index in [9.17, 15) is 19.2 Å². The second kappa shape index (κ2) is 9.13. The van der Waals surface area contributed by atoms with Gasteiger partial charge in [0.2, 0.25) is 5.91 Å². The fourth-order valence-electron chi connectivity index (χ4n) is 4.18. The number of hydrogen-bond acceptors (Lipinski definition) is 5. The van der Waals surface area contributed by atoms with Gasteiger partial charge in [0.05, 0.1) is 28.4 Å². The van der Waals surface area contributed by atoms with Gasteiger partial charge in [-0.2, -0.15) is 5.26 Å². The molecule has 0 aliphatic heterocycles. The number of hydrogen-bond donors (Lipinski definition) is 0. The number of benzene rings is 2. The van der Waals surface area contributed by atoms with Crippen LogP contribution in [0.15, 0.2) is 58.5 Å². The van der Waals surface area contributed by atoms with Crippen LogP contribution in [0.5, 0.6) is 0 Å². The molecule has 1 fully saturated rings. The average Bonchev–Trinajstić information content (AvgIpc) is 2.83. The first-order valence-electron chi connectivity index (χ1n) is 10.5. The zero-order valence-electron chi connectivity index (χ0n) is 17.8. The van der Waals surface area contributed by atoms with Crippen LogP contribution < -0.4 is 5.56 Å². The highest BCUT2D eigenvalue weighted by molar-refractivity contribution is 7.99. The van der Waals surface area contributed by atoms with Crippen molar-refractivity contribution in [1.29, 1.82) is 5.26 Å². The molecule has 2 aromatic carbocycles. The molecule has 1 aliphatic carbocycles. The maximum atomic E-state index is 14.6. The number of rotatable bonds is 5. The first kappa shape index (κ1) is 22.0. The quantitative estimate of drug-likeness (QED) is 0.428. The van der Waals surface area contributed by atoms with Gasteiger partial charge < -0.3 is 4.90 Å². The molecule has 3 aromatic rings. The van der Waals surface area contributed by atoms with Crippen molar-refractivity contribution >= 4 is 28.6 Å². The number of thioether (sulfide) groups is 1. The van der Waals surface area contributed by atoms with Crippen molar-refractivity contribution in [3.8, 4) is 11.8 Å². The smallest absolute Gasteiger partial charge is 0.266 e. The topological polar surface area (TPSA) is 79.0 Å². The standard InChI is InChI=1S/C24H23FN4O2S/c1-28(24(16-26)13-7-2-8-14-24)21(30)15-32-23-27-19-11-5-3-9-17(19)22(31)29(23)20-12-6-4-10-18(20)25/h3-6,9-12H,2,7-8,13-15H2,1H3. The molecule has 0 atom stereocenters.